The average molecular weight is 275 g/mol. The lowest BCUT2D eigenvalue weighted by molar-refractivity contribution is 0.0950. The molecule has 0 saturated carbocycles. The van der Waals surface area contributed by atoms with Crippen LogP contribution in [0.15, 0.2) is 36.5 Å². The molecule has 96 valence electrons. The zero-order valence-electron chi connectivity index (χ0n) is 9.81. The monoisotopic (exact) mass is 275 g/mol. The first-order valence-electron chi connectivity index (χ1n) is 5.69. The molecule has 0 unspecified atom stereocenters. The molecule has 1 aromatic carbocycles. The topological polar surface area (TPSA) is 57.8 Å². The Kier molecular flexibility index (Phi) is 3.00. The van der Waals surface area contributed by atoms with E-state index in [0.29, 0.717) is 21.8 Å². The van der Waals surface area contributed by atoms with Crippen LogP contribution >= 0.6 is 11.3 Å². The summed E-state index contributed by atoms with van der Waals surface area (Å²) < 4.78 is 13.7. The molecule has 3 rings (SSSR count). The Morgan fingerprint density at radius 2 is 2.32 bits per heavy atom. The second kappa shape index (κ2) is 4.81. The SMILES string of the molecule is O=C(NCc1ccc[nH]1)c1nc2ccc(F)cc2s1. The summed E-state index contributed by atoms with van der Waals surface area (Å²) in [6, 6.07) is 8.04. The van der Waals surface area contributed by atoms with Gasteiger partial charge in [0.1, 0.15) is 5.82 Å². The van der Waals surface area contributed by atoms with Gasteiger partial charge in [-0.05, 0) is 30.3 Å². The lowest BCUT2D eigenvalue weighted by atomic mass is 10.3. The Hall–Kier alpha value is -2.21. The van der Waals surface area contributed by atoms with Crippen LogP contribution in [0.3, 0.4) is 0 Å². The van der Waals surface area contributed by atoms with E-state index in [1.807, 2.05) is 12.1 Å². The molecule has 2 heterocycles. The minimum Gasteiger partial charge on any atom is -0.364 e. The van der Waals surface area contributed by atoms with Crippen LogP contribution in [-0.4, -0.2) is 15.9 Å². The second-order valence-corrected chi connectivity index (χ2v) is 5.04. The number of aromatic nitrogens is 2. The molecule has 0 aliphatic carbocycles. The number of aromatic amines is 1. The number of hydrogen-bond acceptors (Lipinski definition) is 3. The molecule has 1 amide bonds. The van der Waals surface area contributed by atoms with Crippen LogP contribution < -0.4 is 5.32 Å². The van der Waals surface area contributed by atoms with Crippen molar-refractivity contribution in [2.24, 2.45) is 0 Å². The number of fused-ring (bicyclic) bond motifs is 1. The van der Waals surface area contributed by atoms with E-state index in [2.05, 4.69) is 15.3 Å². The smallest absolute Gasteiger partial charge is 0.280 e. The lowest BCUT2D eigenvalue weighted by Crippen LogP contribution is -2.22. The Balaban J connectivity index is 1.77. The Morgan fingerprint density at radius 1 is 1.42 bits per heavy atom. The number of nitrogens with zero attached hydrogens (tertiary/aromatic N) is 1. The molecule has 0 spiro atoms. The van der Waals surface area contributed by atoms with Crippen molar-refractivity contribution < 1.29 is 9.18 Å². The zero-order valence-corrected chi connectivity index (χ0v) is 10.6. The third kappa shape index (κ3) is 2.48. The number of halogens is 1. The molecule has 0 bridgehead atoms. The third-order valence-electron chi connectivity index (χ3n) is 2.65. The van der Waals surface area contributed by atoms with Crippen molar-refractivity contribution in [3.05, 3.63) is 53.0 Å². The molecule has 4 nitrogen and oxygen atoms in total. The van der Waals surface area contributed by atoms with Gasteiger partial charge < -0.3 is 10.3 Å². The molecule has 19 heavy (non-hydrogen) atoms. The fourth-order valence-corrected chi connectivity index (χ4v) is 2.63. The first-order valence-corrected chi connectivity index (χ1v) is 6.50. The molecule has 2 aromatic heterocycles. The summed E-state index contributed by atoms with van der Waals surface area (Å²) >= 11 is 1.18. The number of H-pyrrole nitrogens is 1. The summed E-state index contributed by atoms with van der Waals surface area (Å²) in [6.07, 6.45) is 1.79. The van der Waals surface area contributed by atoms with Crippen molar-refractivity contribution in [3.63, 3.8) is 0 Å². The number of nitrogens with one attached hydrogen (secondary N) is 2. The molecular formula is C13H10FN3OS. The normalized spacial score (nSPS) is 10.8. The van der Waals surface area contributed by atoms with Crippen LogP contribution in [0.4, 0.5) is 4.39 Å². The van der Waals surface area contributed by atoms with Crippen molar-refractivity contribution in [2.75, 3.05) is 0 Å². The highest BCUT2D eigenvalue weighted by Gasteiger charge is 2.12. The maximum Gasteiger partial charge on any atom is 0.280 e. The summed E-state index contributed by atoms with van der Waals surface area (Å²) in [4.78, 5) is 19.1. The van der Waals surface area contributed by atoms with Gasteiger partial charge in [0.2, 0.25) is 0 Å². The summed E-state index contributed by atoms with van der Waals surface area (Å²) in [5, 5.41) is 3.10. The zero-order chi connectivity index (χ0) is 13.2. The van der Waals surface area contributed by atoms with Gasteiger partial charge >= 0.3 is 0 Å². The van der Waals surface area contributed by atoms with Crippen LogP contribution in [0, 0.1) is 5.82 Å². The predicted octanol–water partition coefficient (Wildman–Crippen LogP) is 2.69. The van der Waals surface area contributed by atoms with Gasteiger partial charge in [-0.3, -0.25) is 4.79 Å². The number of rotatable bonds is 3. The summed E-state index contributed by atoms with van der Waals surface area (Å²) in [5.41, 5.74) is 1.55. The van der Waals surface area contributed by atoms with Gasteiger partial charge in [-0.15, -0.1) is 11.3 Å². The number of hydrogen-bond donors (Lipinski definition) is 2. The first kappa shape index (κ1) is 11.9. The fourth-order valence-electron chi connectivity index (χ4n) is 1.72. The van der Waals surface area contributed by atoms with Crippen LogP contribution in [0.25, 0.3) is 10.2 Å². The van der Waals surface area contributed by atoms with Gasteiger partial charge in [0.15, 0.2) is 5.01 Å². The van der Waals surface area contributed by atoms with E-state index in [1.54, 1.807) is 12.3 Å². The van der Waals surface area contributed by atoms with Crippen molar-refractivity contribution in [2.45, 2.75) is 6.54 Å². The quantitative estimate of drug-likeness (QED) is 0.772. The summed E-state index contributed by atoms with van der Waals surface area (Å²) in [7, 11) is 0. The number of thiazole rings is 1. The number of benzene rings is 1. The van der Waals surface area contributed by atoms with E-state index in [9.17, 15) is 9.18 Å². The van der Waals surface area contributed by atoms with Crippen molar-refractivity contribution in [3.8, 4) is 0 Å². The van der Waals surface area contributed by atoms with Gasteiger partial charge in [0.05, 0.1) is 16.8 Å². The van der Waals surface area contributed by atoms with Crippen LogP contribution in [0.1, 0.15) is 15.5 Å². The Labute approximate surface area is 112 Å². The van der Waals surface area contributed by atoms with Crippen molar-refractivity contribution >= 4 is 27.5 Å². The van der Waals surface area contributed by atoms with E-state index in [1.165, 1.54) is 23.5 Å². The molecule has 0 saturated heterocycles. The number of amides is 1. The highest BCUT2D eigenvalue weighted by Crippen LogP contribution is 2.22. The highest BCUT2D eigenvalue weighted by atomic mass is 32.1. The maximum atomic E-state index is 13.1. The Bertz CT molecular complexity index is 721. The minimum absolute atomic E-state index is 0.254. The van der Waals surface area contributed by atoms with Crippen LogP contribution in [0.5, 0.6) is 0 Å². The number of carbonyl (C=O) groups is 1. The van der Waals surface area contributed by atoms with E-state index in [-0.39, 0.29) is 11.7 Å². The van der Waals surface area contributed by atoms with E-state index < -0.39 is 0 Å². The molecule has 0 atom stereocenters. The molecule has 0 aliphatic heterocycles. The first-order chi connectivity index (χ1) is 9.22. The van der Waals surface area contributed by atoms with Gasteiger partial charge in [-0.25, -0.2) is 9.37 Å². The second-order valence-electron chi connectivity index (χ2n) is 4.01. The summed E-state index contributed by atoms with van der Waals surface area (Å²) in [6.45, 7) is 0.413. The Morgan fingerprint density at radius 3 is 3.11 bits per heavy atom. The van der Waals surface area contributed by atoms with Crippen LogP contribution in [-0.2, 0) is 6.54 Å². The maximum absolute atomic E-state index is 13.1. The van der Waals surface area contributed by atoms with Crippen molar-refractivity contribution in [1.29, 1.82) is 0 Å². The molecule has 0 fully saturated rings. The largest absolute Gasteiger partial charge is 0.364 e. The van der Waals surface area contributed by atoms with E-state index >= 15 is 0 Å². The molecule has 0 aliphatic rings. The molecule has 2 N–H and O–H groups in total. The molecule has 6 heteroatoms. The molecule has 3 aromatic rings. The fraction of sp³-hybridized carbons (Fsp3) is 0.0769. The van der Waals surface area contributed by atoms with Gasteiger partial charge in [0.25, 0.3) is 5.91 Å². The average Bonchev–Trinajstić information content (AvgIpc) is 3.04. The van der Waals surface area contributed by atoms with Gasteiger partial charge in [-0.2, -0.15) is 0 Å². The van der Waals surface area contributed by atoms with Gasteiger partial charge in [-0.1, -0.05) is 0 Å². The standard InChI is InChI=1S/C13H10FN3OS/c14-8-3-4-10-11(6-8)19-13(17-10)12(18)16-7-9-2-1-5-15-9/h1-6,15H,7H2,(H,16,18). The lowest BCUT2D eigenvalue weighted by Gasteiger charge is -1.99. The molecule has 0 radical (unpaired) electrons. The molecular weight excluding hydrogens is 265 g/mol. The van der Waals surface area contributed by atoms with E-state index in [0.717, 1.165) is 5.69 Å². The highest BCUT2D eigenvalue weighted by molar-refractivity contribution is 7.20. The van der Waals surface area contributed by atoms with Gasteiger partial charge in [0, 0.05) is 11.9 Å². The number of carbonyl (C=O) groups excluding carboxylic acids is 1. The summed E-state index contributed by atoms with van der Waals surface area (Å²) in [5.74, 6) is -0.578. The third-order valence-corrected chi connectivity index (χ3v) is 3.66. The van der Waals surface area contributed by atoms with E-state index in [4.69, 9.17) is 0 Å². The van der Waals surface area contributed by atoms with Crippen LogP contribution in [0.2, 0.25) is 0 Å². The minimum atomic E-state index is -0.325. The predicted molar refractivity (Wildman–Crippen MR) is 71.5 cm³/mol. The van der Waals surface area contributed by atoms with Crippen molar-refractivity contribution in [1.82, 2.24) is 15.3 Å².